The second-order valence-electron chi connectivity index (χ2n) is 6.68. The number of ether oxygens (including phenoxy) is 2. The van der Waals surface area contributed by atoms with Gasteiger partial charge in [0.25, 0.3) is 5.91 Å². The van der Waals surface area contributed by atoms with E-state index in [0.717, 1.165) is 18.5 Å². The minimum Gasteiger partial charge on any atom is -0.372 e. The van der Waals surface area contributed by atoms with Crippen molar-refractivity contribution in [2.45, 2.75) is 31.2 Å². The lowest BCUT2D eigenvalue weighted by atomic mass is 9.84. The highest BCUT2D eigenvalue weighted by Crippen LogP contribution is 2.36. The van der Waals surface area contributed by atoms with Gasteiger partial charge in [0.05, 0.1) is 37.1 Å². The molecule has 0 bridgehead atoms. The van der Waals surface area contributed by atoms with Gasteiger partial charge in [0.15, 0.2) is 0 Å². The van der Waals surface area contributed by atoms with Crippen molar-refractivity contribution < 1.29 is 14.3 Å². The highest BCUT2D eigenvalue weighted by Gasteiger charge is 2.49. The summed E-state index contributed by atoms with van der Waals surface area (Å²) in [6.07, 6.45) is 6.89. The van der Waals surface area contributed by atoms with E-state index in [1.165, 1.54) is 0 Å². The molecule has 2 aliphatic heterocycles. The fourth-order valence-corrected chi connectivity index (χ4v) is 3.50. The van der Waals surface area contributed by atoms with Crippen LogP contribution in [0.5, 0.6) is 0 Å². The number of hydrogen-bond donors (Lipinski definition) is 0. The van der Waals surface area contributed by atoms with E-state index in [2.05, 4.69) is 9.97 Å². The van der Waals surface area contributed by atoms with Gasteiger partial charge >= 0.3 is 0 Å². The third-order valence-corrected chi connectivity index (χ3v) is 4.79. The largest absolute Gasteiger partial charge is 0.372 e. The molecule has 2 saturated heterocycles. The summed E-state index contributed by atoms with van der Waals surface area (Å²) in [5.74, 6) is 0.0128. The number of rotatable bonds is 4. The molecule has 0 aromatic carbocycles. The first-order valence-corrected chi connectivity index (χ1v) is 8.59. The lowest BCUT2D eigenvalue weighted by Gasteiger charge is -2.53. The van der Waals surface area contributed by atoms with Gasteiger partial charge < -0.3 is 14.4 Å². The van der Waals surface area contributed by atoms with Gasteiger partial charge in [-0.3, -0.25) is 14.8 Å². The van der Waals surface area contributed by atoms with Crippen LogP contribution < -0.4 is 0 Å². The molecule has 6 heteroatoms. The highest BCUT2D eigenvalue weighted by atomic mass is 16.5. The first kappa shape index (κ1) is 16.2. The number of carbonyl (C=O) groups is 1. The van der Waals surface area contributed by atoms with E-state index in [-0.39, 0.29) is 17.6 Å². The van der Waals surface area contributed by atoms with Crippen molar-refractivity contribution in [3.8, 4) is 0 Å². The van der Waals surface area contributed by atoms with E-state index >= 15 is 0 Å². The summed E-state index contributed by atoms with van der Waals surface area (Å²) in [5, 5.41) is 0. The van der Waals surface area contributed by atoms with Crippen molar-refractivity contribution in [2.24, 2.45) is 0 Å². The predicted octanol–water partition coefficient (Wildman–Crippen LogP) is 2.07. The maximum absolute atomic E-state index is 12.4. The Balaban J connectivity index is 1.31. The molecular formula is C19H21N3O3. The Morgan fingerprint density at radius 2 is 2.20 bits per heavy atom. The van der Waals surface area contributed by atoms with Crippen molar-refractivity contribution in [1.82, 2.24) is 14.9 Å². The van der Waals surface area contributed by atoms with Crippen LogP contribution in [0.3, 0.4) is 0 Å². The van der Waals surface area contributed by atoms with Gasteiger partial charge in [0.1, 0.15) is 5.60 Å². The van der Waals surface area contributed by atoms with Crippen LogP contribution in [-0.4, -0.2) is 52.2 Å². The highest BCUT2D eigenvalue weighted by molar-refractivity contribution is 5.94. The maximum atomic E-state index is 12.4. The van der Waals surface area contributed by atoms with Crippen LogP contribution >= 0.6 is 0 Å². The average Bonchev–Trinajstić information content (AvgIpc) is 2.65. The van der Waals surface area contributed by atoms with Gasteiger partial charge in [-0.05, 0) is 30.7 Å². The number of pyridine rings is 2. The van der Waals surface area contributed by atoms with Gasteiger partial charge in [-0.25, -0.2) is 0 Å². The van der Waals surface area contributed by atoms with E-state index in [9.17, 15) is 4.79 Å². The van der Waals surface area contributed by atoms with Gasteiger partial charge in [0.2, 0.25) is 0 Å². The Kier molecular flexibility index (Phi) is 4.46. The molecule has 2 aliphatic rings. The minimum atomic E-state index is -0.259. The molecule has 1 atom stereocenters. The molecular weight excluding hydrogens is 318 g/mol. The number of likely N-dealkylation sites (tertiary alicyclic amines) is 1. The Morgan fingerprint density at radius 3 is 2.96 bits per heavy atom. The molecule has 4 rings (SSSR count). The lowest BCUT2D eigenvalue weighted by Crippen LogP contribution is -2.67. The fourth-order valence-electron chi connectivity index (χ4n) is 3.50. The number of nitrogens with zero attached hydrogens (tertiary/aromatic N) is 3. The Labute approximate surface area is 146 Å². The molecule has 1 amide bonds. The molecule has 0 aliphatic carbocycles. The third-order valence-electron chi connectivity index (χ3n) is 4.79. The van der Waals surface area contributed by atoms with Gasteiger partial charge in [-0.1, -0.05) is 6.07 Å². The molecule has 4 heterocycles. The third kappa shape index (κ3) is 3.55. The van der Waals surface area contributed by atoms with E-state index in [1.54, 1.807) is 30.7 Å². The topological polar surface area (TPSA) is 64.6 Å². The van der Waals surface area contributed by atoms with Crippen molar-refractivity contribution in [3.63, 3.8) is 0 Å². The van der Waals surface area contributed by atoms with Crippen molar-refractivity contribution in [3.05, 3.63) is 60.2 Å². The molecule has 0 saturated carbocycles. The van der Waals surface area contributed by atoms with Crippen molar-refractivity contribution in [2.75, 3.05) is 19.7 Å². The number of aromatic nitrogens is 2. The van der Waals surface area contributed by atoms with Crippen LogP contribution in [0.2, 0.25) is 0 Å². The maximum Gasteiger partial charge on any atom is 0.255 e. The first-order chi connectivity index (χ1) is 12.2. The average molecular weight is 339 g/mol. The molecule has 25 heavy (non-hydrogen) atoms. The first-order valence-electron chi connectivity index (χ1n) is 8.59. The molecule has 2 aromatic heterocycles. The van der Waals surface area contributed by atoms with E-state index in [1.807, 2.05) is 23.1 Å². The monoisotopic (exact) mass is 339 g/mol. The smallest absolute Gasteiger partial charge is 0.255 e. The zero-order valence-electron chi connectivity index (χ0n) is 14.0. The van der Waals surface area contributed by atoms with Crippen LogP contribution in [-0.2, 0) is 16.1 Å². The van der Waals surface area contributed by atoms with Crippen LogP contribution in [0.15, 0.2) is 48.9 Å². The van der Waals surface area contributed by atoms with E-state index in [4.69, 9.17) is 9.47 Å². The van der Waals surface area contributed by atoms with Crippen molar-refractivity contribution in [1.29, 1.82) is 0 Å². The molecule has 2 aromatic rings. The minimum absolute atomic E-state index is 0.0128. The Morgan fingerprint density at radius 1 is 1.28 bits per heavy atom. The van der Waals surface area contributed by atoms with Crippen molar-refractivity contribution >= 4 is 5.91 Å². The van der Waals surface area contributed by atoms with Gasteiger partial charge in [0, 0.05) is 31.6 Å². The molecule has 6 nitrogen and oxygen atoms in total. The zero-order valence-corrected chi connectivity index (χ0v) is 14.0. The van der Waals surface area contributed by atoms with Gasteiger partial charge in [-0.2, -0.15) is 0 Å². The standard InChI is InChI=1S/C19H21N3O3/c23-18(15-4-3-7-20-11-15)22-13-19(14-22)10-17(6-9-25-19)24-12-16-5-1-2-8-21-16/h1-5,7-8,11,17H,6,9-10,12-14H2/t17-/m1/s1. The summed E-state index contributed by atoms with van der Waals surface area (Å²) < 4.78 is 12.0. The van der Waals surface area contributed by atoms with Gasteiger partial charge in [-0.15, -0.1) is 0 Å². The molecule has 2 fully saturated rings. The van der Waals surface area contributed by atoms with E-state index in [0.29, 0.717) is 31.9 Å². The summed E-state index contributed by atoms with van der Waals surface area (Å²) in [4.78, 5) is 22.6. The SMILES string of the molecule is O=C(c1cccnc1)N1CC2(C[C@H](OCc3ccccn3)CCO2)C1. The molecule has 130 valence electrons. The Bertz CT molecular complexity index is 717. The number of carbonyl (C=O) groups excluding carboxylic acids is 1. The van der Waals surface area contributed by atoms with Crippen LogP contribution in [0.4, 0.5) is 0 Å². The van der Waals surface area contributed by atoms with E-state index < -0.39 is 0 Å². The summed E-state index contributed by atoms with van der Waals surface area (Å²) >= 11 is 0. The predicted molar refractivity (Wildman–Crippen MR) is 90.9 cm³/mol. The Hall–Kier alpha value is -2.31. The van der Waals surface area contributed by atoms with Crippen LogP contribution in [0, 0.1) is 0 Å². The summed E-state index contributed by atoms with van der Waals surface area (Å²) in [5.41, 5.74) is 1.30. The summed E-state index contributed by atoms with van der Waals surface area (Å²) in [6, 6.07) is 9.40. The van der Waals surface area contributed by atoms with Crippen LogP contribution in [0.25, 0.3) is 0 Å². The summed E-state index contributed by atoms with van der Waals surface area (Å²) in [6.45, 7) is 2.41. The fraction of sp³-hybridized carbons (Fsp3) is 0.421. The number of hydrogen-bond acceptors (Lipinski definition) is 5. The zero-order chi connectivity index (χ0) is 17.1. The quantitative estimate of drug-likeness (QED) is 0.853. The molecule has 0 radical (unpaired) electrons. The summed E-state index contributed by atoms with van der Waals surface area (Å²) in [7, 11) is 0. The van der Waals surface area contributed by atoms with Crippen LogP contribution in [0.1, 0.15) is 28.9 Å². The normalized spacial score (nSPS) is 21.8. The second kappa shape index (κ2) is 6.90. The molecule has 0 unspecified atom stereocenters. The second-order valence-corrected chi connectivity index (χ2v) is 6.68. The molecule has 0 N–H and O–H groups in total. The number of amides is 1. The molecule has 1 spiro atoms. The lowest BCUT2D eigenvalue weighted by molar-refractivity contribution is -0.188.